The van der Waals surface area contributed by atoms with Crippen molar-refractivity contribution in [1.82, 2.24) is 19.8 Å². The maximum Gasteiger partial charge on any atom is 0.438 e. The number of alkyl halides is 3. The highest BCUT2D eigenvalue weighted by atomic mass is 19.4. The van der Waals surface area contributed by atoms with Gasteiger partial charge in [0, 0.05) is 19.6 Å². The van der Waals surface area contributed by atoms with E-state index >= 15 is 0 Å². The molecule has 9 heteroatoms. The molecule has 0 spiro atoms. The molecule has 164 valence electrons. The molecule has 6 nitrogen and oxygen atoms in total. The van der Waals surface area contributed by atoms with Gasteiger partial charge in [-0.3, -0.25) is 14.2 Å². The molecule has 0 radical (unpaired) electrons. The van der Waals surface area contributed by atoms with E-state index in [4.69, 9.17) is 0 Å². The third-order valence-electron chi connectivity index (χ3n) is 4.92. The average molecular weight is 432 g/mol. The summed E-state index contributed by atoms with van der Waals surface area (Å²) >= 11 is 0. The fourth-order valence-corrected chi connectivity index (χ4v) is 3.33. The van der Waals surface area contributed by atoms with Crippen molar-refractivity contribution >= 4 is 16.9 Å². The summed E-state index contributed by atoms with van der Waals surface area (Å²) in [7, 11) is 1.90. The third-order valence-corrected chi connectivity index (χ3v) is 4.92. The number of benzene rings is 2. The van der Waals surface area contributed by atoms with Crippen LogP contribution in [0.25, 0.3) is 11.0 Å². The summed E-state index contributed by atoms with van der Waals surface area (Å²) in [5.74, 6) is -0.542. The van der Waals surface area contributed by atoms with Gasteiger partial charge in [0.2, 0.25) is 11.6 Å². The van der Waals surface area contributed by atoms with Crippen LogP contribution in [-0.4, -0.2) is 40.5 Å². The van der Waals surface area contributed by atoms with Crippen LogP contribution in [0.2, 0.25) is 0 Å². The minimum Gasteiger partial charge on any atom is -0.353 e. The average Bonchev–Trinajstić information content (AvgIpc) is 2.72. The van der Waals surface area contributed by atoms with Crippen molar-refractivity contribution < 1.29 is 18.0 Å². The lowest BCUT2D eigenvalue weighted by molar-refractivity contribution is -0.142. The number of nitrogens with one attached hydrogen (secondary N) is 1. The van der Waals surface area contributed by atoms with Crippen molar-refractivity contribution in [3.63, 3.8) is 0 Å². The van der Waals surface area contributed by atoms with E-state index in [1.54, 1.807) is 6.07 Å². The summed E-state index contributed by atoms with van der Waals surface area (Å²) in [4.78, 5) is 30.7. The Hall–Kier alpha value is -3.20. The van der Waals surface area contributed by atoms with Gasteiger partial charge in [-0.15, -0.1) is 0 Å². The Morgan fingerprint density at radius 2 is 1.77 bits per heavy atom. The molecule has 0 fully saturated rings. The lowest BCUT2D eigenvalue weighted by Gasteiger charge is -2.21. The topological polar surface area (TPSA) is 67.2 Å². The highest BCUT2D eigenvalue weighted by molar-refractivity contribution is 5.83. The number of para-hydroxylation sites is 2. The molecule has 1 amide bonds. The van der Waals surface area contributed by atoms with Gasteiger partial charge in [-0.2, -0.15) is 13.2 Å². The molecule has 1 aromatic heterocycles. The number of aromatic nitrogens is 2. The summed E-state index contributed by atoms with van der Waals surface area (Å²) in [5, 5.41) is 2.71. The minimum absolute atomic E-state index is 0.00308. The zero-order valence-electron chi connectivity index (χ0n) is 17.2. The van der Waals surface area contributed by atoms with E-state index in [0.29, 0.717) is 13.1 Å². The van der Waals surface area contributed by atoms with Crippen LogP contribution >= 0.6 is 0 Å². The zero-order chi connectivity index (χ0) is 22.6. The van der Waals surface area contributed by atoms with Gasteiger partial charge in [0.25, 0.3) is 5.56 Å². The molecule has 0 aliphatic carbocycles. The van der Waals surface area contributed by atoms with Crippen LogP contribution < -0.4 is 10.9 Å². The van der Waals surface area contributed by atoms with E-state index in [9.17, 15) is 22.8 Å². The fraction of sp³-hybridized carbons (Fsp3) is 0.318. The molecule has 1 N–H and O–H groups in total. The highest BCUT2D eigenvalue weighted by Gasteiger charge is 2.38. The number of hydrogen-bond acceptors (Lipinski definition) is 4. The fourth-order valence-electron chi connectivity index (χ4n) is 3.33. The number of nitrogens with zero attached hydrogens (tertiary/aromatic N) is 3. The minimum atomic E-state index is -4.92. The molecule has 31 heavy (non-hydrogen) atoms. The molecule has 0 bridgehead atoms. The number of amides is 1. The quantitative estimate of drug-likeness (QED) is 0.623. The summed E-state index contributed by atoms with van der Waals surface area (Å²) in [6.07, 6.45) is -4.92. The van der Waals surface area contributed by atoms with Crippen LogP contribution in [0.5, 0.6) is 0 Å². The van der Waals surface area contributed by atoms with Crippen molar-refractivity contribution in [2.45, 2.75) is 25.7 Å². The second-order valence-corrected chi connectivity index (χ2v) is 7.31. The smallest absolute Gasteiger partial charge is 0.353 e. The maximum absolute atomic E-state index is 13.3. The largest absolute Gasteiger partial charge is 0.438 e. The second kappa shape index (κ2) is 9.30. The number of carbonyl (C=O) groups is 1. The first kappa shape index (κ1) is 22.5. The second-order valence-electron chi connectivity index (χ2n) is 7.31. The molecule has 3 aromatic rings. The van der Waals surface area contributed by atoms with Gasteiger partial charge in [-0.1, -0.05) is 42.5 Å². The SMILES string of the molecule is CC(C(=O)NCCN(C)Cc1ccccc1)n1c(=O)c(C(F)(F)F)nc2ccccc21. The van der Waals surface area contributed by atoms with Crippen molar-refractivity contribution in [3.8, 4) is 0 Å². The predicted octanol–water partition coefficient (Wildman–Crippen LogP) is 3.22. The van der Waals surface area contributed by atoms with Crippen LogP contribution in [0.15, 0.2) is 59.4 Å². The molecule has 1 heterocycles. The molecule has 3 rings (SSSR count). The van der Waals surface area contributed by atoms with Crippen LogP contribution in [-0.2, 0) is 17.5 Å². The van der Waals surface area contributed by atoms with Crippen LogP contribution in [0, 0.1) is 0 Å². The normalized spacial score (nSPS) is 12.8. The van der Waals surface area contributed by atoms with Gasteiger partial charge < -0.3 is 10.2 Å². The third kappa shape index (κ3) is 5.29. The number of fused-ring (bicyclic) bond motifs is 1. The van der Waals surface area contributed by atoms with E-state index in [1.165, 1.54) is 25.1 Å². The predicted molar refractivity (Wildman–Crippen MR) is 112 cm³/mol. The molecule has 1 unspecified atom stereocenters. The summed E-state index contributed by atoms with van der Waals surface area (Å²) in [6, 6.07) is 14.6. The van der Waals surface area contributed by atoms with Crippen molar-refractivity contribution in [2.24, 2.45) is 0 Å². The van der Waals surface area contributed by atoms with Crippen molar-refractivity contribution in [3.05, 3.63) is 76.2 Å². The molecule has 0 saturated carbocycles. The Kier molecular flexibility index (Phi) is 6.74. The number of likely N-dealkylation sites (N-methyl/N-ethyl adjacent to an activating group) is 1. The van der Waals surface area contributed by atoms with Gasteiger partial charge >= 0.3 is 6.18 Å². The summed E-state index contributed by atoms with van der Waals surface area (Å²) < 4.78 is 40.8. The van der Waals surface area contributed by atoms with Gasteiger partial charge in [0.05, 0.1) is 11.0 Å². The van der Waals surface area contributed by atoms with Gasteiger partial charge in [0.15, 0.2) is 0 Å². The van der Waals surface area contributed by atoms with Crippen LogP contribution in [0.1, 0.15) is 24.2 Å². The van der Waals surface area contributed by atoms with E-state index in [1.807, 2.05) is 42.3 Å². The number of halogens is 3. The summed E-state index contributed by atoms with van der Waals surface area (Å²) in [5.41, 5.74) is -1.58. The van der Waals surface area contributed by atoms with E-state index in [0.717, 1.165) is 10.1 Å². The first-order chi connectivity index (χ1) is 14.7. The molecular formula is C22H23F3N4O2. The van der Waals surface area contributed by atoms with Gasteiger partial charge in [0.1, 0.15) is 6.04 Å². The lowest BCUT2D eigenvalue weighted by Crippen LogP contribution is -2.41. The van der Waals surface area contributed by atoms with E-state index in [-0.39, 0.29) is 17.6 Å². The summed E-state index contributed by atoms with van der Waals surface area (Å²) in [6.45, 7) is 2.91. The Morgan fingerprint density at radius 1 is 1.13 bits per heavy atom. The van der Waals surface area contributed by atoms with Crippen molar-refractivity contribution in [1.29, 1.82) is 0 Å². The highest BCUT2D eigenvalue weighted by Crippen LogP contribution is 2.27. The molecule has 0 aliphatic heterocycles. The Bertz CT molecular complexity index is 1110. The van der Waals surface area contributed by atoms with Crippen LogP contribution in [0.4, 0.5) is 13.2 Å². The van der Waals surface area contributed by atoms with E-state index in [2.05, 4.69) is 10.3 Å². The first-order valence-corrected chi connectivity index (χ1v) is 9.77. The number of rotatable bonds is 7. The van der Waals surface area contributed by atoms with Gasteiger partial charge in [-0.25, -0.2) is 4.98 Å². The van der Waals surface area contributed by atoms with E-state index < -0.39 is 29.4 Å². The maximum atomic E-state index is 13.3. The molecular weight excluding hydrogens is 409 g/mol. The molecule has 0 aliphatic rings. The monoisotopic (exact) mass is 432 g/mol. The Labute approximate surface area is 177 Å². The molecule has 1 atom stereocenters. The number of carbonyl (C=O) groups excluding carboxylic acids is 1. The lowest BCUT2D eigenvalue weighted by atomic mass is 10.2. The van der Waals surface area contributed by atoms with Crippen LogP contribution in [0.3, 0.4) is 0 Å². The first-order valence-electron chi connectivity index (χ1n) is 9.77. The van der Waals surface area contributed by atoms with Gasteiger partial charge in [-0.05, 0) is 31.7 Å². The molecule has 2 aromatic carbocycles. The zero-order valence-corrected chi connectivity index (χ0v) is 17.2. The standard InChI is InChI=1S/C22H23F3N4O2/c1-15(20(30)26-12-13-28(2)14-16-8-4-3-5-9-16)29-18-11-7-6-10-17(18)27-19(21(29)31)22(23,24)25/h3-11,15H,12-14H2,1-2H3,(H,26,30). The number of hydrogen-bond donors (Lipinski definition) is 1. The van der Waals surface area contributed by atoms with Crippen molar-refractivity contribution in [2.75, 3.05) is 20.1 Å². The Balaban J connectivity index is 1.74. The Morgan fingerprint density at radius 3 is 2.45 bits per heavy atom. The molecule has 0 saturated heterocycles.